The molecule has 4 nitrogen and oxygen atoms in total. The second-order valence-electron chi connectivity index (χ2n) is 4.01. The number of nitrogens with one attached hydrogen (secondary N) is 1. The molecule has 0 aliphatic rings. The van der Waals surface area contributed by atoms with Crippen LogP contribution in [0.2, 0.25) is 5.02 Å². The van der Waals surface area contributed by atoms with Crippen LogP contribution in [0.4, 0.5) is 5.82 Å². The van der Waals surface area contributed by atoms with Crippen LogP contribution in [0.15, 0.2) is 48.7 Å². The van der Waals surface area contributed by atoms with E-state index in [0.717, 1.165) is 5.82 Å². The standard InChI is InChI=1S/C14H15ClN2O2/c15-11-4-6-13(7-5-11)19-10-12(18)9-17-14-3-1-2-8-16-14/h1-8,12,18H,9-10H2,(H,16,17). The molecular weight excluding hydrogens is 264 g/mol. The van der Waals surface area contributed by atoms with Crippen LogP contribution in [-0.2, 0) is 0 Å². The van der Waals surface area contributed by atoms with E-state index >= 15 is 0 Å². The third kappa shape index (κ3) is 4.77. The molecule has 0 radical (unpaired) electrons. The predicted molar refractivity (Wildman–Crippen MR) is 75.7 cm³/mol. The molecule has 1 aromatic carbocycles. The van der Waals surface area contributed by atoms with E-state index in [2.05, 4.69) is 10.3 Å². The molecular formula is C14H15ClN2O2. The largest absolute Gasteiger partial charge is 0.491 e. The molecule has 0 saturated heterocycles. The van der Waals surface area contributed by atoms with Crippen molar-refractivity contribution in [3.05, 3.63) is 53.7 Å². The van der Waals surface area contributed by atoms with Crippen LogP contribution >= 0.6 is 11.6 Å². The first-order valence-electron chi connectivity index (χ1n) is 5.95. The maximum atomic E-state index is 9.79. The first-order chi connectivity index (χ1) is 9.24. The minimum atomic E-state index is -0.613. The van der Waals surface area contributed by atoms with Gasteiger partial charge in [0.2, 0.25) is 0 Å². The summed E-state index contributed by atoms with van der Waals surface area (Å²) in [5.41, 5.74) is 0. The fourth-order valence-corrected chi connectivity index (χ4v) is 1.60. The summed E-state index contributed by atoms with van der Waals surface area (Å²) in [6.45, 7) is 0.589. The quantitative estimate of drug-likeness (QED) is 0.853. The topological polar surface area (TPSA) is 54.4 Å². The van der Waals surface area contributed by atoms with Crippen LogP contribution < -0.4 is 10.1 Å². The lowest BCUT2D eigenvalue weighted by atomic mass is 10.3. The third-order valence-corrected chi connectivity index (χ3v) is 2.69. The number of aromatic nitrogens is 1. The molecule has 2 rings (SSSR count). The minimum absolute atomic E-state index is 0.210. The number of hydrogen-bond acceptors (Lipinski definition) is 4. The molecule has 0 amide bonds. The van der Waals surface area contributed by atoms with Gasteiger partial charge in [0.05, 0.1) is 0 Å². The van der Waals surface area contributed by atoms with Gasteiger partial charge in [0.15, 0.2) is 0 Å². The Hall–Kier alpha value is -1.78. The summed E-state index contributed by atoms with van der Waals surface area (Å²) in [5, 5.41) is 13.5. The first kappa shape index (κ1) is 13.6. The van der Waals surface area contributed by atoms with Gasteiger partial charge in [-0.3, -0.25) is 0 Å². The van der Waals surface area contributed by atoms with Crippen molar-refractivity contribution in [2.24, 2.45) is 0 Å². The highest BCUT2D eigenvalue weighted by Crippen LogP contribution is 2.15. The lowest BCUT2D eigenvalue weighted by molar-refractivity contribution is 0.117. The number of hydrogen-bond donors (Lipinski definition) is 2. The zero-order chi connectivity index (χ0) is 13.5. The Morgan fingerprint density at radius 2 is 2.00 bits per heavy atom. The second kappa shape index (κ2) is 6.97. The van der Waals surface area contributed by atoms with Gasteiger partial charge in [-0.2, -0.15) is 0 Å². The number of aliphatic hydroxyl groups excluding tert-OH is 1. The van der Waals surface area contributed by atoms with Gasteiger partial charge in [0.25, 0.3) is 0 Å². The molecule has 0 spiro atoms. The fourth-order valence-electron chi connectivity index (χ4n) is 1.47. The number of pyridine rings is 1. The lowest BCUT2D eigenvalue weighted by Gasteiger charge is -2.13. The molecule has 1 atom stereocenters. The molecule has 0 aliphatic carbocycles. The molecule has 0 saturated carbocycles. The summed E-state index contributed by atoms with van der Waals surface area (Å²) in [7, 11) is 0. The lowest BCUT2D eigenvalue weighted by Crippen LogP contribution is -2.26. The van der Waals surface area contributed by atoms with Crippen molar-refractivity contribution >= 4 is 17.4 Å². The number of benzene rings is 1. The predicted octanol–water partition coefficient (Wildman–Crippen LogP) is 2.59. The average molecular weight is 279 g/mol. The van der Waals surface area contributed by atoms with Gasteiger partial charge in [-0.25, -0.2) is 4.98 Å². The molecule has 0 aliphatic heterocycles. The summed E-state index contributed by atoms with van der Waals surface area (Å²) in [5.74, 6) is 1.41. The second-order valence-corrected chi connectivity index (χ2v) is 4.45. The van der Waals surface area contributed by atoms with Crippen LogP contribution in [0, 0.1) is 0 Å². The number of ether oxygens (including phenoxy) is 1. The van der Waals surface area contributed by atoms with E-state index in [1.54, 1.807) is 30.5 Å². The van der Waals surface area contributed by atoms with Gasteiger partial charge in [-0.15, -0.1) is 0 Å². The van der Waals surface area contributed by atoms with E-state index < -0.39 is 6.10 Å². The van der Waals surface area contributed by atoms with Gasteiger partial charge in [-0.1, -0.05) is 17.7 Å². The molecule has 19 heavy (non-hydrogen) atoms. The Bertz CT molecular complexity index is 491. The van der Waals surface area contributed by atoms with E-state index in [1.807, 2.05) is 18.2 Å². The van der Waals surface area contributed by atoms with Crippen molar-refractivity contribution in [3.63, 3.8) is 0 Å². The zero-order valence-electron chi connectivity index (χ0n) is 10.3. The smallest absolute Gasteiger partial charge is 0.125 e. The van der Waals surface area contributed by atoms with E-state index in [-0.39, 0.29) is 6.61 Å². The van der Waals surface area contributed by atoms with Crippen molar-refractivity contribution in [2.75, 3.05) is 18.5 Å². The average Bonchev–Trinajstić information content (AvgIpc) is 2.45. The number of anilines is 1. The number of aliphatic hydroxyl groups is 1. The van der Waals surface area contributed by atoms with Gasteiger partial charge in [0.1, 0.15) is 24.3 Å². The summed E-state index contributed by atoms with van der Waals surface area (Å²) in [6, 6.07) is 12.6. The summed E-state index contributed by atoms with van der Waals surface area (Å²) >= 11 is 5.77. The van der Waals surface area contributed by atoms with Crippen LogP contribution in [0.5, 0.6) is 5.75 Å². The van der Waals surface area contributed by atoms with Crippen LogP contribution in [0.3, 0.4) is 0 Å². The maximum Gasteiger partial charge on any atom is 0.125 e. The monoisotopic (exact) mass is 278 g/mol. The molecule has 100 valence electrons. The van der Waals surface area contributed by atoms with Gasteiger partial charge in [-0.05, 0) is 36.4 Å². The van der Waals surface area contributed by atoms with Gasteiger partial charge in [0, 0.05) is 17.8 Å². The highest BCUT2D eigenvalue weighted by Gasteiger charge is 2.05. The van der Waals surface area contributed by atoms with Crippen molar-refractivity contribution in [1.82, 2.24) is 4.98 Å². The Balaban J connectivity index is 1.72. The Kier molecular flexibility index (Phi) is 5.01. The summed E-state index contributed by atoms with van der Waals surface area (Å²) < 4.78 is 5.44. The van der Waals surface area contributed by atoms with Crippen molar-refractivity contribution < 1.29 is 9.84 Å². The number of nitrogens with zero attached hydrogens (tertiary/aromatic N) is 1. The maximum absolute atomic E-state index is 9.79. The molecule has 0 bridgehead atoms. The van der Waals surface area contributed by atoms with E-state index in [4.69, 9.17) is 16.3 Å². The number of halogens is 1. The summed E-state index contributed by atoms with van der Waals surface area (Å²) in [6.07, 6.45) is 1.08. The molecule has 0 fully saturated rings. The Morgan fingerprint density at radius 1 is 1.21 bits per heavy atom. The van der Waals surface area contributed by atoms with E-state index in [1.165, 1.54) is 0 Å². The van der Waals surface area contributed by atoms with Crippen molar-refractivity contribution in [2.45, 2.75) is 6.10 Å². The Morgan fingerprint density at radius 3 is 2.68 bits per heavy atom. The SMILES string of the molecule is OC(CNc1ccccn1)COc1ccc(Cl)cc1. The van der Waals surface area contributed by atoms with Crippen LogP contribution in [0.25, 0.3) is 0 Å². The molecule has 1 unspecified atom stereocenters. The van der Waals surface area contributed by atoms with Gasteiger partial charge >= 0.3 is 0 Å². The van der Waals surface area contributed by atoms with Crippen LogP contribution in [-0.4, -0.2) is 29.3 Å². The fraction of sp³-hybridized carbons (Fsp3) is 0.214. The molecule has 1 aromatic heterocycles. The van der Waals surface area contributed by atoms with E-state index in [9.17, 15) is 5.11 Å². The normalized spacial score (nSPS) is 11.9. The van der Waals surface area contributed by atoms with Crippen molar-refractivity contribution in [3.8, 4) is 5.75 Å². The molecule has 1 heterocycles. The molecule has 2 N–H and O–H groups in total. The minimum Gasteiger partial charge on any atom is -0.491 e. The molecule has 2 aromatic rings. The highest BCUT2D eigenvalue weighted by molar-refractivity contribution is 6.30. The summed E-state index contributed by atoms with van der Waals surface area (Å²) in [4.78, 5) is 4.10. The number of rotatable bonds is 6. The van der Waals surface area contributed by atoms with E-state index in [0.29, 0.717) is 17.3 Å². The van der Waals surface area contributed by atoms with Crippen molar-refractivity contribution in [1.29, 1.82) is 0 Å². The Labute approximate surface area is 117 Å². The zero-order valence-corrected chi connectivity index (χ0v) is 11.0. The van der Waals surface area contributed by atoms with Gasteiger partial charge < -0.3 is 15.2 Å². The third-order valence-electron chi connectivity index (χ3n) is 2.44. The molecule has 5 heteroatoms. The van der Waals surface area contributed by atoms with Crippen LogP contribution in [0.1, 0.15) is 0 Å². The first-order valence-corrected chi connectivity index (χ1v) is 6.33. The highest BCUT2D eigenvalue weighted by atomic mass is 35.5.